The monoisotopic (exact) mass is 357 g/mol. The molecule has 114 valence electrons. The fraction of sp³-hybridized carbons (Fsp3) is 0.429. The number of carboxylic acids is 1. The van der Waals surface area contributed by atoms with Crippen molar-refractivity contribution in [3.05, 3.63) is 22.2 Å². The van der Waals surface area contributed by atoms with Crippen molar-refractivity contribution in [3.8, 4) is 11.5 Å². The second-order valence-electron chi connectivity index (χ2n) is 4.90. The lowest BCUT2D eigenvalue weighted by atomic mass is 10.1. The van der Waals surface area contributed by atoms with Crippen molar-refractivity contribution in [2.75, 3.05) is 19.8 Å². The van der Waals surface area contributed by atoms with Crippen LogP contribution < -0.4 is 9.47 Å². The number of hydrogen-bond donors (Lipinski definition) is 1. The van der Waals surface area contributed by atoms with Crippen LogP contribution in [0.25, 0.3) is 0 Å². The van der Waals surface area contributed by atoms with Crippen LogP contribution in [-0.4, -0.2) is 47.7 Å². The first-order chi connectivity index (χ1) is 9.90. The van der Waals surface area contributed by atoms with Crippen molar-refractivity contribution in [2.45, 2.75) is 19.9 Å². The largest absolute Gasteiger partial charge is 0.486 e. The van der Waals surface area contributed by atoms with E-state index in [1.807, 2.05) is 0 Å². The summed E-state index contributed by atoms with van der Waals surface area (Å²) < 4.78 is 11.6. The Balaban J connectivity index is 2.33. The van der Waals surface area contributed by atoms with Gasteiger partial charge >= 0.3 is 5.97 Å². The summed E-state index contributed by atoms with van der Waals surface area (Å²) in [6.07, 6.45) is 0. The second kappa shape index (κ2) is 6.34. The molecule has 21 heavy (non-hydrogen) atoms. The number of ether oxygens (including phenoxy) is 2. The van der Waals surface area contributed by atoms with Crippen LogP contribution in [0, 0.1) is 0 Å². The Kier molecular flexibility index (Phi) is 4.72. The van der Waals surface area contributed by atoms with Gasteiger partial charge in [0, 0.05) is 11.6 Å². The molecule has 1 amide bonds. The van der Waals surface area contributed by atoms with Crippen molar-refractivity contribution in [2.24, 2.45) is 0 Å². The highest BCUT2D eigenvalue weighted by Gasteiger charge is 2.25. The van der Waals surface area contributed by atoms with Crippen molar-refractivity contribution in [1.29, 1.82) is 0 Å². The molecule has 7 heteroatoms. The molecule has 0 unspecified atom stereocenters. The second-order valence-corrected chi connectivity index (χ2v) is 5.76. The molecule has 1 aliphatic rings. The Morgan fingerprint density at radius 2 is 2.00 bits per heavy atom. The van der Waals surface area contributed by atoms with Crippen LogP contribution in [0.15, 0.2) is 16.6 Å². The van der Waals surface area contributed by atoms with Crippen LogP contribution in [0.3, 0.4) is 0 Å². The molecular weight excluding hydrogens is 342 g/mol. The quantitative estimate of drug-likeness (QED) is 0.893. The lowest BCUT2D eigenvalue weighted by molar-refractivity contribution is -0.138. The highest BCUT2D eigenvalue weighted by Crippen LogP contribution is 2.38. The molecule has 1 heterocycles. The molecule has 1 aliphatic heterocycles. The minimum absolute atomic E-state index is 0.222. The summed E-state index contributed by atoms with van der Waals surface area (Å²) in [5, 5.41) is 8.93. The number of aliphatic carboxylic acids is 1. The standard InChI is InChI=1S/C14H16BrNO5/c1-8(2)16(7-12(17)18)14(19)9-5-10(15)13-11(6-9)20-3-4-21-13/h5-6,8H,3-4,7H2,1-2H3,(H,17,18). The van der Waals surface area contributed by atoms with Gasteiger partial charge in [-0.2, -0.15) is 0 Å². The van der Waals surface area contributed by atoms with Crippen LogP contribution in [0.1, 0.15) is 24.2 Å². The lowest BCUT2D eigenvalue weighted by Gasteiger charge is -2.26. The third-order valence-corrected chi connectivity index (χ3v) is 3.62. The third kappa shape index (κ3) is 3.47. The van der Waals surface area contributed by atoms with Crippen LogP contribution >= 0.6 is 15.9 Å². The molecule has 0 aromatic heterocycles. The molecule has 0 atom stereocenters. The Labute approximate surface area is 130 Å². The van der Waals surface area contributed by atoms with Gasteiger partial charge in [0.1, 0.15) is 19.8 Å². The van der Waals surface area contributed by atoms with Gasteiger partial charge in [-0.1, -0.05) is 0 Å². The van der Waals surface area contributed by atoms with E-state index in [-0.39, 0.29) is 18.5 Å². The van der Waals surface area contributed by atoms with E-state index in [0.717, 1.165) is 0 Å². The zero-order valence-electron chi connectivity index (χ0n) is 11.8. The molecule has 0 fully saturated rings. The first kappa shape index (κ1) is 15.6. The first-order valence-corrected chi connectivity index (χ1v) is 7.31. The number of carbonyl (C=O) groups excluding carboxylic acids is 1. The molecule has 0 saturated heterocycles. The summed E-state index contributed by atoms with van der Waals surface area (Å²) in [6, 6.07) is 2.98. The SMILES string of the molecule is CC(C)N(CC(=O)O)C(=O)c1cc(Br)c2c(c1)OCCO2. The Morgan fingerprint density at radius 1 is 1.33 bits per heavy atom. The number of benzene rings is 1. The normalized spacial score (nSPS) is 13.1. The van der Waals surface area contributed by atoms with E-state index in [9.17, 15) is 9.59 Å². The van der Waals surface area contributed by atoms with E-state index in [2.05, 4.69) is 15.9 Å². The minimum atomic E-state index is -1.05. The highest BCUT2D eigenvalue weighted by atomic mass is 79.9. The molecule has 1 aromatic carbocycles. The van der Waals surface area contributed by atoms with Crippen LogP contribution in [0.5, 0.6) is 11.5 Å². The molecule has 1 N–H and O–H groups in total. The molecule has 6 nitrogen and oxygen atoms in total. The van der Waals surface area contributed by atoms with E-state index in [1.54, 1.807) is 26.0 Å². The summed E-state index contributed by atoms with van der Waals surface area (Å²) in [5.41, 5.74) is 0.362. The van der Waals surface area contributed by atoms with Crippen molar-refractivity contribution in [1.82, 2.24) is 4.90 Å². The summed E-state index contributed by atoms with van der Waals surface area (Å²) in [7, 11) is 0. The summed E-state index contributed by atoms with van der Waals surface area (Å²) in [6.45, 7) is 4.07. The number of carbonyl (C=O) groups is 2. The molecule has 1 aromatic rings. The average Bonchev–Trinajstić information content (AvgIpc) is 2.43. The summed E-state index contributed by atoms with van der Waals surface area (Å²) in [5.74, 6) is -0.358. The van der Waals surface area contributed by atoms with Crippen molar-refractivity contribution >= 4 is 27.8 Å². The van der Waals surface area contributed by atoms with Gasteiger partial charge < -0.3 is 19.5 Å². The fourth-order valence-corrected chi connectivity index (χ4v) is 2.59. The predicted molar refractivity (Wildman–Crippen MR) is 78.9 cm³/mol. The van der Waals surface area contributed by atoms with Gasteiger partial charge in [0.2, 0.25) is 0 Å². The van der Waals surface area contributed by atoms with Crippen molar-refractivity contribution in [3.63, 3.8) is 0 Å². The van der Waals surface area contributed by atoms with Gasteiger partial charge in [-0.15, -0.1) is 0 Å². The Bertz CT molecular complexity index is 573. The molecule has 0 spiro atoms. The summed E-state index contributed by atoms with van der Waals surface area (Å²) in [4.78, 5) is 24.7. The van der Waals surface area contributed by atoms with E-state index in [0.29, 0.717) is 34.7 Å². The lowest BCUT2D eigenvalue weighted by Crippen LogP contribution is -2.40. The minimum Gasteiger partial charge on any atom is -0.486 e. The number of rotatable bonds is 4. The van der Waals surface area contributed by atoms with E-state index >= 15 is 0 Å². The smallest absolute Gasteiger partial charge is 0.323 e. The van der Waals surface area contributed by atoms with Gasteiger partial charge in [-0.05, 0) is 41.9 Å². The van der Waals surface area contributed by atoms with Gasteiger partial charge in [0.05, 0.1) is 4.47 Å². The maximum atomic E-state index is 12.5. The van der Waals surface area contributed by atoms with E-state index < -0.39 is 5.97 Å². The maximum Gasteiger partial charge on any atom is 0.323 e. The third-order valence-electron chi connectivity index (χ3n) is 3.03. The van der Waals surface area contributed by atoms with E-state index in [4.69, 9.17) is 14.6 Å². The number of halogens is 1. The van der Waals surface area contributed by atoms with Gasteiger partial charge in [-0.3, -0.25) is 9.59 Å². The van der Waals surface area contributed by atoms with E-state index in [1.165, 1.54) is 4.90 Å². The number of amides is 1. The number of carboxylic acid groups (broad SMARTS) is 1. The van der Waals surface area contributed by atoms with Crippen LogP contribution in [-0.2, 0) is 4.79 Å². The molecule has 2 rings (SSSR count). The Morgan fingerprint density at radius 3 is 2.62 bits per heavy atom. The summed E-state index contributed by atoms with van der Waals surface area (Å²) >= 11 is 3.35. The maximum absolute atomic E-state index is 12.5. The highest BCUT2D eigenvalue weighted by molar-refractivity contribution is 9.10. The average molecular weight is 358 g/mol. The molecule has 0 aliphatic carbocycles. The van der Waals surface area contributed by atoms with Gasteiger partial charge in [-0.25, -0.2) is 0 Å². The van der Waals surface area contributed by atoms with Crippen molar-refractivity contribution < 1.29 is 24.2 Å². The molecule has 0 saturated carbocycles. The Hall–Kier alpha value is -1.76. The van der Waals surface area contributed by atoms with Gasteiger partial charge in [0.25, 0.3) is 5.91 Å². The zero-order valence-corrected chi connectivity index (χ0v) is 13.3. The molecule has 0 radical (unpaired) electrons. The van der Waals surface area contributed by atoms with Gasteiger partial charge in [0.15, 0.2) is 11.5 Å². The van der Waals surface area contributed by atoms with Crippen LogP contribution in [0.4, 0.5) is 0 Å². The topological polar surface area (TPSA) is 76.1 Å². The first-order valence-electron chi connectivity index (χ1n) is 6.52. The van der Waals surface area contributed by atoms with Crippen LogP contribution in [0.2, 0.25) is 0 Å². The fourth-order valence-electron chi connectivity index (χ4n) is 2.03. The molecular formula is C14H16BrNO5. The predicted octanol–water partition coefficient (Wildman–Crippen LogP) is 2.16. The molecule has 0 bridgehead atoms. The number of hydrogen-bond acceptors (Lipinski definition) is 4. The number of nitrogens with zero attached hydrogens (tertiary/aromatic N) is 1. The zero-order chi connectivity index (χ0) is 15.6. The number of fused-ring (bicyclic) bond motifs is 1.